The van der Waals surface area contributed by atoms with Crippen molar-refractivity contribution >= 4 is 25.0 Å². The molecule has 0 rings (SSSR count). The Balaban J connectivity index is 4.04. The molecule has 0 N–H and O–H groups in total. The average molecular weight is 352 g/mol. The Morgan fingerprint density at radius 3 is 1.62 bits per heavy atom. The molecule has 0 unspecified atom stereocenters. The molecule has 0 aliphatic carbocycles. The minimum Gasteiger partial charge on any atom is -0.398 e. The lowest BCUT2D eigenvalue weighted by molar-refractivity contribution is 0.132. The fourth-order valence-electron chi connectivity index (χ4n) is 2.65. The van der Waals surface area contributed by atoms with Gasteiger partial charge in [-0.3, -0.25) is 0 Å². The highest BCUT2D eigenvalue weighted by molar-refractivity contribution is 6.89. The molecular weight excluding hydrogens is 314 g/mol. The summed E-state index contributed by atoms with van der Waals surface area (Å²) in [6.07, 6.45) is 1.12. The number of nitrogens with zero attached hydrogens (tertiary/aromatic N) is 1. The van der Waals surface area contributed by atoms with E-state index in [1.54, 1.807) is 14.2 Å². The van der Waals surface area contributed by atoms with Crippen LogP contribution in [0.5, 0.6) is 0 Å². The van der Waals surface area contributed by atoms with E-state index >= 15 is 0 Å². The molecule has 0 amide bonds. The maximum atomic E-state index is 5.79. The largest absolute Gasteiger partial charge is 0.398 e. The van der Waals surface area contributed by atoms with E-state index in [0.717, 1.165) is 25.7 Å². The van der Waals surface area contributed by atoms with E-state index in [1.807, 2.05) is 0 Å². The Kier molecular flexibility index (Phi) is 9.16. The smallest absolute Gasteiger partial charge is 0.336 e. The van der Waals surface area contributed by atoms with Crippen molar-refractivity contribution < 1.29 is 13.6 Å². The maximum Gasteiger partial charge on any atom is 0.336 e. The normalized spacial score (nSPS) is 14.0. The topological polar surface area (TPSA) is 30.9 Å². The number of hydrogen-bond donors (Lipinski definition) is 0. The molecule has 0 saturated heterocycles. The van der Waals surface area contributed by atoms with Crippen molar-refractivity contribution in [2.45, 2.75) is 58.3 Å². The van der Waals surface area contributed by atoms with E-state index in [1.165, 1.54) is 6.54 Å². The van der Waals surface area contributed by atoms with Crippen LogP contribution in [-0.2, 0) is 13.6 Å². The molecule has 7 heteroatoms. The van der Waals surface area contributed by atoms with Gasteiger partial charge < -0.3 is 17.8 Å². The van der Waals surface area contributed by atoms with Crippen molar-refractivity contribution in [1.29, 1.82) is 0 Å². The predicted octanol–water partition coefficient (Wildman–Crippen LogP) is 3.73. The van der Waals surface area contributed by atoms with Crippen molar-refractivity contribution in [2.75, 3.05) is 34.0 Å². The molecule has 0 radical (unpaired) electrons. The van der Waals surface area contributed by atoms with E-state index in [-0.39, 0.29) is 0 Å². The molecular formula is C14H37NO3Si3. The number of hydrogen-bond acceptors (Lipinski definition) is 4. The van der Waals surface area contributed by atoms with Crippen molar-refractivity contribution in [1.82, 2.24) is 4.23 Å². The van der Waals surface area contributed by atoms with Crippen molar-refractivity contribution in [2.24, 2.45) is 0 Å². The highest BCUT2D eigenvalue weighted by Crippen LogP contribution is 2.20. The first-order valence-corrected chi connectivity index (χ1v) is 17.3. The molecule has 0 aromatic rings. The first-order valence-electron chi connectivity index (χ1n) is 7.92. The molecule has 128 valence electrons. The Morgan fingerprint density at radius 2 is 1.24 bits per heavy atom. The standard InChI is InChI=1S/C14H37NO3Si3/c1-16-21(9,17-2)14-13-18-12-10-11-15(19(3,4)5)20(6,7)8/h10-14H2,1-9H3. The van der Waals surface area contributed by atoms with Gasteiger partial charge in [0.15, 0.2) is 0 Å². The molecule has 0 aliphatic heterocycles. The first kappa shape index (κ1) is 21.5. The van der Waals surface area contributed by atoms with Gasteiger partial charge in [-0.1, -0.05) is 39.3 Å². The van der Waals surface area contributed by atoms with Gasteiger partial charge >= 0.3 is 8.56 Å². The van der Waals surface area contributed by atoms with Crippen molar-refractivity contribution in [3.63, 3.8) is 0 Å². The first-order chi connectivity index (χ1) is 9.46. The van der Waals surface area contributed by atoms with Gasteiger partial charge in [0.2, 0.25) is 0 Å². The van der Waals surface area contributed by atoms with Gasteiger partial charge in [0.1, 0.15) is 16.5 Å². The van der Waals surface area contributed by atoms with Crippen LogP contribution < -0.4 is 0 Å². The Labute approximate surface area is 135 Å². The zero-order valence-electron chi connectivity index (χ0n) is 15.7. The highest BCUT2D eigenvalue weighted by Gasteiger charge is 2.33. The second-order valence-electron chi connectivity index (χ2n) is 7.75. The Hall–Kier alpha value is 0.491. The summed E-state index contributed by atoms with van der Waals surface area (Å²) < 4.78 is 19.5. The Morgan fingerprint density at radius 1 is 0.762 bits per heavy atom. The monoisotopic (exact) mass is 351 g/mol. The summed E-state index contributed by atoms with van der Waals surface area (Å²) in [4.78, 5) is 0. The summed E-state index contributed by atoms with van der Waals surface area (Å²) in [5.41, 5.74) is 0. The molecule has 0 aliphatic rings. The molecule has 21 heavy (non-hydrogen) atoms. The minimum atomic E-state index is -1.96. The molecule has 0 fully saturated rings. The number of ether oxygens (including phenoxy) is 1. The van der Waals surface area contributed by atoms with Crippen molar-refractivity contribution in [3.05, 3.63) is 0 Å². The number of rotatable bonds is 11. The fraction of sp³-hybridized carbons (Fsp3) is 1.00. The van der Waals surface area contributed by atoms with E-state index in [4.69, 9.17) is 13.6 Å². The predicted molar refractivity (Wildman–Crippen MR) is 99.3 cm³/mol. The second-order valence-corrected chi connectivity index (χ2v) is 21.5. The van der Waals surface area contributed by atoms with Crippen LogP contribution in [0.15, 0.2) is 0 Å². The maximum absolute atomic E-state index is 5.79. The summed E-state index contributed by atoms with van der Waals surface area (Å²) in [5.74, 6) is 0. The summed E-state index contributed by atoms with van der Waals surface area (Å²) >= 11 is 0. The van der Waals surface area contributed by atoms with Crippen LogP contribution in [0, 0.1) is 0 Å². The highest BCUT2D eigenvalue weighted by atomic mass is 28.4. The fourth-order valence-corrected chi connectivity index (χ4v) is 13.4. The van der Waals surface area contributed by atoms with E-state index in [2.05, 4.69) is 50.1 Å². The van der Waals surface area contributed by atoms with Gasteiger partial charge in [-0.15, -0.1) is 0 Å². The van der Waals surface area contributed by atoms with Gasteiger partial charge in [-0.25, -0.2) is 0 Å². The average Bonchev–Trinajstić information content (AvgIpc) is 2.34. The molecule has 0 aromatic carbocycles. The SMILES string of the molecule is CO[Si](C)(CCOCCCN([Si](C)(C)C)[Si](C)(C)C)OC. The van der Waals surface area contributed by atoms with Crippen LogP contribution in [0.25, 0.3) is 0 Å². The molecule has 0 atom stereocenters. The Bertz CT molecular complexity index is 272. The molecule has 0 aromatic heterocycles. The molecule has 0 saturated carbocycles. The summed E-state index contributed by atoms with van der Waals surface area (Å²) in [7, 11) is -0.949. The van der Waals surface area contributed by atoms with Gasteiger partial charge in [0.25, 0.3) is 0 Å². The van der Waals surface area contributed by atoms with Gasteiger partial charge in [0.05, 0.1) is 0 Å². The van der Waals surface area contributed by atoms with Crippen LogP contribution in [0.1, 0.15) is 6.42 Å². The summed E-state index contributed by atoms with van der Waals surface area (Å²) in [6, 6.07) is 0.895. The van der Waals surface area contributed by atoms with Crippen LogP contribution in [-0.4, -0.2) is 63.2 Å². The zero-order valence-corrected chi connectivity index (χ0v) is 18.7. The molecule has 4 nitrogen and oxygen atoms in total. The molecule has 0 spiro atoms. The second kappa shape index (κ2) is 8.95. The summed E-state index contributed by atoms with van der Waals surface area (Å²) in [6.45, 7) is 19.5. The third-order valence-electron chi connectivity index (χ3n) is 3.85. The van der Waals surface area contributed by atoms with Gasteiger partial charge in [-0.05, 0) is 19.5 Å². The minimum absolute atomic E-state index is 0.740. The van der Waals surface area contributed by atoms with Crippen LogP contribution in [0.2, 0.25) is 51.9 Å². The van der Waals surface area contributed by atoms with Crippen LogP contribution in [0.4, 0.5) is 0 Å². The van der Waals surface area contributed by atoms with Gasteiger partial charge in [0, 0.05) is 33.5 Å². The lowest BCUT2D eigenvalue weighted by Gasteiger charge is -2.43. The molecule has 0 heterocycles. The van der Waals surface area contributed by atoms with Crippen molar-refractivity contribution in [3.8, 4) is 0 Å². The lowest BCUT2D eigenvalue weighted by Crippen LogP contribution is -2.59. The van der Waals surface area contributed by atoms with Gasteiger partial charge in [-0.2, -0.15) is 0 Å². The molecule has 0 bridgehead atoms. The van der Waals surface area contributed by atoms with Crippen LogP contribution in [0.3, 0.4) is 0 Å². The third-order valence-corrected chi connectivity index (χ3v) is 14.4. The summed E-state index contributed by atoms with van der Waals surface area (Å²) in [5, 5.41) is 0. The zero-order chi connectivity index (χ0) is 16.7. The van der Waals surface area contributed by atoms with E-state index < -0.39 is 25.0 Å². The van der Waals surface area contributed by atoms with E-state index in [0.29, 0.717) is 0 Å². The van der Waals surface area contributed by atoms with Crippen LogP contribution >= 0.6 is 0 Å². The lowest BCUT2D eigenvalue weighted by atomic mass is 10.5. The van der Waals surface area contributed by atoms with E-state index in [9.17, 15) is 0 Å². The quantitative estimate of drug-likeness (QED) is 0.419. The third kappa shape index (κ3) is 8.63.